The Morgan fingerprint density at radius 3 is 2.20 bits per heavy atom. The molecule has 3 aromatic rings. The van der Waals surface area contributed by atoms with E-state index >= 15 is 0 Å². The molecule has 4 heteroatoms. The van der Waals surface area contributed by atoms with E-state index in [-0.39, 0.29) is 0 Å². The highest BCUT2D eigenvalue weighted by molar-refractivity contribution is 6.32. The average Bonchev–Trinajstić information content (AvgIpc) is 2.77. The van der Waals surface area contributed by atoms with Gasteiger partial charge >= 0.3 is 0 Å². The fraction of sp³-hybridized carbons (Fsp3) is 0.308. The Morgan fingerprint density at radius 2 is 1.53 bits per heavy atom. The largest absolute Gasteiger partial charge is 0.490 e. The van der Waals surface area contributed by atoms with Crippen LogP contribution in [0.1, 0.15) is 37.0 Å². The molecule has 1 unspecified atom stereocenters. The molecule has 0 saturated carbocycles. The minimum atomic E-state index is 0.397. The third-order valence-electron chi connectivity index (χ3n) is 4.96. The van der Waals surface area contributed by atoms with E-state index in [1.54, 1.807) is 0 Å². The molecular weight excluding hydrogens is 394 g/mol. The lowest BCUT2D eigenvalue weighted by molar-refractivity contribution is 0.269. The number of halogens is 1. The molecule has 3 aromatic carbocycles. The third kappa shape index (κ3) is 6.79. The second-order valence-electron chi connectivity index (χ2n) is 7.42. The van der Waals surface area contributed by atoms with Crippen molar-refractivity contribution in [3.8, 4) is 11.5 Å². The number of aryl methyl sites for hydroxylation is 1. The Kier molecular flexibility index (Phi) is 8.61. The summed E-state index contributed by atoms with van der Waals surface area (Å²) in [6.07, 6.45) is 2.14. The van der Waals surface area contributed by atoms with Crippen LogP contribution in [0, 0.1) is 0 Å². The number of hydrogen-bond donors (Lipinski definition) is 1. The molecule has 0 aliphatic heterocycles. The molecule has 0 bridgehead atoms. The van der Waals surface area contributed by atoms with Crippen molar-refractivity contribution in [2.75, 3.05) is 6.61 Å². The van der Waals surface area contributed by atoms with Gasteiger partial charge in [-0.1, -0.05) is 72.3 Å². The number of rotatable bonds is 11. The maximum Gasteiger partial charge on any atom is 0.180 e. The van der Waals surface area contributed by atoms with Crippen molar-refractivity contribution >= 4 is 11.6 Å². The highest BCUT2D eigenvalue weighted by Gasteiger charge is 2.13. The van der Waals surface area contributed by atoms with Crippen molar-refractivity contribution in [1.82, 2.24) is 5.32 Å². The average molecular weight is 424 g/mol. The van der Waals surface area contributed by atoms with Crippen LogP contribution in [0.4, 0.5) is 0 Å². The zero-order valence-corrected chi connectivity index (χ0v) is 18.5. The van der Waals surface area contributed by atoms with Crippen molar-refractivity contribution < 1.29 is 9.47 Å². The van der Waals surface area contributed by atoms with E-state index in [0.29, 0.717) is 35.8 Å². The second kappa shape index (κ2) is 11.6. The van der Waals surface area contributed by atoms with Gasteiger partial charge in [0, 0.05) is 12.6 Å². The number of benzene rings is 3. The SMILES string of the molecule is CCOc1cc(CNC(C)CCc2ccccc2)cc(Cl)c1OCc1ccccc1. The van der Waals surface area contributed by atoms with Crippen molar-refractivity contribution in [2.45, 2.75) is 45.9 Å². The normalized spacial score (nSPS) is 11.8. The quantitative estimate of drug-likeness (QED) is 0.385. The summed E-state index contributed by atoms with van der Waals surface area (Å²) in [5.41, 5.74) is 3.55. The predicted octanol–water partition coefficient (Wildman–Crippen LogP) is 6.43. The van der Waals surface area contributed by atoms with Crippen LogP contribution in [0.15, 0.2) is 72.8 Å². The lowest BCUT2D eigenvalue weighted by atomic mass is 10.1. The monoisotopic (exact) mass is 423 g/mol. The van der Waals surface area contributed by atoms with Gasteiger partial charge in [0.25, 0.3) is 0 Å². The molecule has 0 saturated heterocycles. The molecule has 0 aromatic heterocycles. The summed E-state index contributed by atoms with van der Waals surface area (Å²) < 4.78 is 11.8. The van der Waals surface area contributed by atoms with Crippen molar-refractivity contribution in [3.05, 3.63) is 94.5 Å². The van der Waals surface area contributed by atoms with Crippen LogP contribution < -0.4 is 14.8 Å². The van der Waals surface area contributed by atoms with Gasteiger partial charge in [0.15, 0.2) is 11.5 Å². The molecule has 1 N–H and O–H groups in total. The summed E-state index contributed by atoms with van der Waals surface area (Å²) in [6, 6.07) is 25.0. The fourth-order valence-electron chi connectivity index (χ4n) is 3.28. The molecule has 3 rings (SSSR count). The van der Waals surface area contributed by atoms with Gasteiger partial charge in [0.1, 0.15) is 6.61 Å². The van der Waals surface area contributed by atoms with E-state index in [4.69, 9.17) is 21.1 Å². The van der Waals surface area contributed by atoms with Gasteiger partial charge in [-0.3, -0.25) is 0 Å². The first-order valence-electron chi connectivity index (χ1n) is 10.5. The van der Waals surface area contributed by atoms with Crippen molar-refractivity contribution in [2.24, 2.45) is 0 Å². The van der Waals surface area contributed by atoms with Gasteiger partial charge in [-0.2, -0.15) is 0 Å². The Bertz CT molecular complexity index is 900. The number of hydrogen-bond acceptors (Lipinski definition) is 3. The molecule has 0 radical (unpaired) electrons. The maximum atomic E-state index is 6.56. The van der Waals surface area contributed by atoms with E-state index < -0.39 is 0 Å². The first-order chi connectivity index (χ1) is 14.7. The molecule has 0 aliphatic rings. The highest BCUT2D eigenvalue weighted by atomic mass is 35.5. The summed E-state index contributed by atoms with van der Waals surface area (Å²) >= 11 is 6.56. The van der Waals surface area contributed by atoms with E-state index in [2.05, 4.69) is 42.6 Å². The summed E-state index contributed by atoms with van der Waals surface area (Å²) in [5, 5.41) is 4.16. The van der Waals surface area contributed by atoms with Crippen LogP contribution in [0.3, 0.4) is 0 Å². The minimum Gasteiger partial charge on any atom is -0.490 e. The molecule has 0 spiro atoms. The minimum absolute atomic E-state index is 0.397. The summed E-state index contributed by atoms with van der Waals surface area (Å²) in [6.45, 7) is 5.92. The van der Waals surface area contributed by atoms with Crippen LogP contribution in [0.25, 0.3) is 0 Å². The Labute approximate surface area is 185 Å². The zero-order valence-electron chi connectivity index (χ0n) is 17.7. The van der Waals surface area contributed by atoms with Crippen LogP contribution in [0.5, 0.6) is 11.5 Å². The lowest BCUT2D eigenvalue weighted by Crippen LogP contribution is -2.26. The summed E-state index contributed by atoms with van der Waals surface area (Å²) in [5.74, 6) is 1.29. The molecule has 30 heavy (non-hydrogen) atoms. The fourth-order valence-corrected chi connectivity index (χ4v) is 3.57. The van der Waals surface area contributed by atoms with E-state index in [1.807, 2.05) is 49.4 Å². The standard InChI is InChI=1S/C26H30ClNO2/c1-3-29-25-17-23(18-28-20(2)14-15-21-10-6-4-7-11-21)16-24(27)26(25)30-19-22-12-8-5-9-13-22/h4-13,16-17,20,28H,3,14-15,18-19H2,1-2H3. The van der Waals surface area contributed by atoms with Crippen LogP contribution in [-0.2, 0) is 19.6 Å². The first-order valence-corrected chi connectivity index (χ1v) is 10.9. The topological polar surface area (TPSA) is 30.5 Å². The second-order valence-corrected chi connectivity index (χ2v) is 7.83. The van der Waals surface area contributed by atoms with E-state index in [1.165, 1.54) is 5.56 Å². The Balaban J connectivity index is 1.59. The van der Waals surface area contributed by atoms with Gasteiger partial charge in [0.05, 0.1) is 11.6 Å². The zero-order chi connectivity index (χ0) is 21.2. The van der Waals surface area contributed by atoms with Gasteiger partial charge in [0.2, 0.25) is 0 Å². The number of ether oxygens (including phenoxy) is 2. The van der Waals surface area contributed by atoms with Crippen LogP contribution in [0.2, 0.25) is 5.02 Å². The lowest BCUT2D eigenvalue weighted by Gasteiger charge is -2.17. The van der Waals surface area contributed by atoms with Gasteiger partial charge in [-0.25, -0.2) is 0 Å². The molecule has 0 aliphatic carbocycles. The molecule has 0 fully saturated rings. The van der Waals surface area contributed by atoms with Crippen LogP contribution in [-0.4, -0.2) is 12.6 Å². The number of nitrogens with one attached hydrogen (secondary N) is 1. The van der Waals surface area contributed by atoms with E-state index in [0.717, 1.165) is 30.5 Å². The maximum absolute atomic E-state index is 6.56. The van der Waals surface area contributed by atoms with Gasteiger partial charge in [-0.05, 0) is 55.5 Å². The first kappa shape index (κ1) is 22.2. The smallest absolute Gasteiger partial charge is 0.180 e. The van der Waals surface area contributed by atoms with E-state index in [9.17, 15) is 0 Å². The molecule has 0 heterocycles. The summed E-state index contributed by atoms with van der Waals surface area (Å²) in [4.78, 5) is 0. The third-order valence-corrected chi connectivity index (χ3v) is 5.24. The van der Waals surface area contributed by atoms with Gasteiger partial charge < -0.3 is 14.8 Å². The Hall–Kier alpha value is -2.49. The van der Waals surface area contributed by atoms with Crippen LogP contribution >= 0.6 is 11.6 Å². The highest BCUT2D eigenvalue weighted by Crippen LogP contribution is 2.37. The molecule has 3 nitrogen and oxygen atoms in total. The summed E-state index contributed by atoms with van der Waals surface area (Å²) in [7, 11) is 0. The van der Waals surface area contributed by atoms with Crippen molar-refractivity contribution in [1.29, 1.82) is 0 Å². The predicted molar refractivity (Wildman–Crippen MR) is 124 cm³/mol. The molecule has 158 valence electrons. The Morgan fingerprint density at radius 1 is 0.867 bits per heavy atom. The van der Waals surface area contributed by atoms with Crippen molar-refractivity contribution in [3.63, 3.8) is 0 Å². The molecule has 1 atom stereocenters. The van der Waals surface area contributed by atoms with Gasteiger partial charge in [-0.15, -0.1) is 0 Å². The molecule has 0 amide bonds. The molecular formula is C26H30ClNO2.